The van der Waals surface area contributed by atoms with Gasteiger partial charge in [0.2, 0.25) is 5.82 Å². The second-order valence-corrected chi connectivity index (χ2v) is 4.25. The Kier molecular flexibility index (Phi) is 3.46. The summed E-state index contributed by atoms with van der Waals surface area (Å²) in [6.07, 6.45) is 4.60. The van der Waals surface area contributed by atoms with Crippen LogP contribution in [-0.4, -0.2) is 39.6 Å². The van der Waals surface area contributed by atoms with Gasteiger partial charge in [-0.1, -0.05) is 0 Å². The van der Waals surface area contributed by atoms with Crippen LogP contribution in [0.2, 0.25) is 0 Å². The highest BCUT2D eigenvalue weighted by atomic mass is 16.2. The summed E-state index contributed by atoms with van der Waals surface area (Å²) in [6.45, 7) is 2.84. The molecule has 1 saturated heterocycles. The number of aromatic nitrogens is 2. The van der Waals surface area contributed by atoms with E-state index in [0.717, 1.165) is 12.8 Å². The fourth-order valence-electron chi connectivity index (χ4n) is 2.04. The van der Waals surface area contributed by atoms with Crippen molar-refractivity contribution in [1.82, 2.24) is 14.9 Å². The number of ketones is 1. The van der Waals surface area contributed by atoms with Crippen molar-refractivity contribution in [1.29, 1.82) is 0 Å². The lowest BCUT2D eigenvalue weighted by Crippen LogP contribution is -2.40. The average Bonchev–Trinajstić information content (AvgIpc) is 2.39. The van der Waals surface area contributed by atoms with Crippen LogP contribution in [0.5, 0.6) is 0 Å². The standard InChI is InChI=1S/C12H15N3O2/c1-9(16)10-3-7-15(8-4-10)12(17)11-13-5-2-6-14-11/h2,5-6,10H,3-4,7-8H2,1H3. The first-order valence-corrected chi connectivity index (χ1v) is 5.75. The molecule has 5 heteroatoms. The van der Waals surface area contributed by atoms with Gasteiger partial charge >= 0.3 is 0 Å². The second-order valence-electron chi connectivity index (χ2n) is 4.25. The minimum Gasteiger partial charge on any atom is -0.336 e. The van der Waals surface area contributed by atoms with Gasteiger partial charge in [0, 0.05) is 31.4 Å². The number of nitrogens with zero attached hydrogens (tertiary/aromatic N) is 3. The summed E-state index contributed by atoms with van der Waals surface area (Å²) >= 11 is 0. The van der Waals surface area contributed by atoms with Crippen LogP contribution < -0.4 is 0 Å². The molecule has 0 N–H and O–H groups in total. The minimum absolute atomic E-state index is 0.107. The number of carbonyl (C=O) groups is 2. The van der Waals surface area contributed by atoms with E-state index in [2.05, 4.69) is 9.97 Å². The molecule has 0 aromatic carbocycles. The predicted molar refractivity (Wildman–Crippen MR) is 61.3 cm³/mol. The number of rotatable bonds is 2. The zero-order valence-corrected chi connectivity index (χ0v) is 9.80. The third-order valence-corrected chi connectivity index (χ3v) is 3.11. The molecule has 0 atom stereocenters. The SMILES string of the molecule is CC(=O)C1CCN(C(=O)c2ncccn2)CC1. The topological polar surface area (TPSA) is 63.2 Å². The molecule has 5 nitrogen and oxygen atoms in total. The maximum atomic E-state index is 12.0. The Morgan fingerprint density at radius 3 is 2.35 bits per heavy atom. The van der Waals surface area contributed by atoms with Gasteiger partial charge in [-0.2, -0.15) is 0 Å². The second kappa shape index (κ2) is 5.03. The van der Waals surface area contributed by atoms with Crippen molar-refractivity contribution >= 4 is 11.7 Å². The molecule has 0 saturated carbocycles. The van der Waals surface area contributed by atoms with E-state index in [1.807, 2.05) is 0 Å². The lowest BCUT2D eigenvalue weighted by molar-refractivity contribution is -0.121. The van der Waals surface area contributed by atoms with Crippen LogP contribution in [0.15, 0.2) is 18.5 Å². The normalized spacial score (nSPS) is 16.9. The van der Waals surface area contributed by atoms with Crippen LogP contribution in [0.1, 0.15) is 30.4 Å². The highest BCUT2D eigenvalue weighted by Crippen LogP contribution is 2.18. The Bertz CT molecular complexity index is 411. The highest BCUT2D eigenvalue weighted by molar-refractivity contribution is 5.90. The summed E-state index contributed by atoms with van der Waals surface area (Å²) in [4.78, 5) is 32.8. The molecule has 0 unspecified atom stereocenters. The largest absolute Gasteiger partial charge is 0.336 e. The van der Waals surface area contributed by atoms with Gasteiger partial charge in [0.25, 0.3) is 5.91 Å². The fraction of sp³-hybridized carbons (Fsp3) is 0.500. The summed E-state index contributed by atoms with van der Waals surface area (Å²) < 4.78 is 0. The maximum absolute atomic E-state index is 12.0. The van der Waals surface area contributed by atoms with Crippen LogP contribution in [0.3, 0.4) is 0 Å². The lowest BCUT2D eigenvalue weighted by atomic mass is 9.93. The summed E-state index contributed by atoms with van der Waals surface area (Å²) in [6, 6.07) is 1.68. The number of amides is 1. The van der Waals surface area contributed by atoms with Crippen LogP contribution in [-0.2, 0) is 4.79 Å². The zero-order chi connectivity index (χ0) is 12.3. The monoisotopic (exact) mass is 233 g/mol. The minimum atomic E-state index is -0.146. The first-order chi connectivity index (χ1) is 8.18. The van der Waals surface area contributed by atoms with Crippen molar-refractivity contribution in [3.63, 3.8) is 0 Å². The van der Waals surface area contributed by atoms with Crippen molar-refractivity contribution < 1.29 is 9.59 Å². The van der Waals surface area contributed by atoms with Gasteiger partial charge in [-0.3, -0.25) is 9.59 Å². The van der Waals surface area contributed by atoms with Crippen LogP contribution >= 0.6 is 0 Å². The Morgan fingerprint density at radius 1 is 1.24 bits per heavy atom. The maximum Gasteiger partial charge on any atom is 0.291 e. The van der Waals surface area contributed by atoms with Gasteiger partial charge in [0.15, 0.2) is 0 Å². The zero-order valence-electron chi connectivity index (χ0n) is 9.80. The van der Waals surface area contributed by atoms with Gasteiger partial charge in [0.05, 0.1) is 0 Å². The summed E-state index contributed by atoms with van der Waals surface area (Å²) in [7, 11) is 0. The highest BCUT2D eigenvalue weighted by Gasteiger charge is 2.26. The third kappa shape index (κ3) is 2.67. The number of hydrogen-bond donors (Lipinski definition) is 0. The molecule has 1 amide bonds. The van der Waals surface area contributed by atoms with Crippen LogP contribution in [0, 0.1) is 5.92 Å². The Balaban J connectivity index is 1.98. The molecule has 0 bridgehead atoms. The lowest BCUT2D eigenvalue weighted by Gasteiger charge is -2.30. The van der Waals surface area contributed by atoms with Gasteiger partial charge < -0.3 is 4.90 Å². The van der Waals surface area contributed by atoms with E-state index in [1.165, 1.54) is 0 Å². The third-order valence-electron chi connectivity index (χ3n) is 3.11. The molecule has 1 aromatic rings. The van der Waals surface area contributed by atoms with Crippen molar-refractivity contribution in [3.05, 3.63) is 24.3 Å². The quantitative estimate of drug-likeness (QED) is 0.762. The van der Waals surface area contributed by atoms with Crippen molar-refractivity contribution in [2.45, 2.75) is 19.8 Å². The van der Waals surface area contributed by atoms with Crippen molar-refractivity contribution in [2.75, 3.05) is 13.1 Å². The molecule has 17 heavy (non-hydrogen) atoms. The predicted octanol–water partition coefficient (Wildman–Crippen LogP) is 0.918. The molecule has 2 rings (SSSR count). The van der Waals surface area contributed by atoms with Crippen molar-refractivity contribution in [2.24, 2.45) is 5.92 Å². The summed E-state index contributed by atoms with van der Waals surface area (Å²) in [5.74, 6) is 0.408. The van der Waals surface area contributed by atoms with Crippen LogP contribution in [0.4, 0.5) is 0 Å². The average molecular weight is 233 g/mol. The van der Waals surface area contributed by atoms with Crippen LogP contribution in [0.25, 0.3) is 0 Å². The molecule has 1 aliphatic rings. The van der Waals surface area contributed by atoms with Gasteiger partial charge in [0.1, 0.15) is 5.78 Å². The van der Waals surface area contributed by atoms with E-state index in [-0.39, 0.29) is 23.4 Å². The van der Waals surface area contributed by atoms with E-state index in [9.17, 15) is 9.59 Å². The molecule has 0 radical (unpaired) electrons. The summed E-state index contributed by atoms with van der Waals surface area (Å²) in [5, 5.41) is 0. The molecule has 0 spiro atoms. The van der Waals surface area contributed by atoms with E-state index >= 15 is 0 Å². The van der Waals surface area contributed by atoms with Gasteiger partial charge in [-0.15, -0.1) is 0 Å². The molecule has 1 aliphatic heterocycles. The molecule has 1 fully saturated rings. The molecular formula is C12H15N3O2. The molecule has 0 aliphatic carbocycles. The first-order valence-electron chi connectivity index (χ1n) is 5.75. The van der Waals surface area contributed by atoms with Gasteiger partial charge in [-0.05, 0) is 25.8 Å². The fourth-order valence-corrected chi connectivity index (χ4v) is 2.04. The van der Waals surface area contributed by atoms with Crippen molar-refractivity contribution in [3.8, 4) is 0 Å². The van der Waals surface area contributed by atoms with E-state index < -0.39 is 0 Å². The first kappa shape index (κ1) is 11.7. The number of hydrogen-bond acceptors (Lipinski definition) is 4. The molecule has 1 aromatic heterocycles. The molecule has 90 valence electrons. The Morgan fingerprint density at radius 2 is 1.82 bits per heavy atom. The van der Waals surface area contributed by atoms with E-state index in [4.69, 9.17) is 0 Å². The number of likely N-dealkylation sites (tertiary alicyclic amines) is 1. The number of piperidine rings is 1. The van der Waals surface area contributed by atoms with E-state index in [0.29, 0.717) is 13.1 Å². The smallest absolute Gasteiger partial charge is 0.291 e. The van der Waals surface area contributed by atoms with Gasteiger partial charge in [-0.25, -0.2) is 9.97 Å². The number of carbonyl (C=O) groups excluding carboxylic acids is 2. The van der Waals surface area contributed by atoms with E-state index in [1.54, 1.807) is 30.3 Å². The molecular weight excluding hydrogens is 218 g/mol. The number of Topliss-reactive ketones (excluding diaryl/α,β-unsaturated/α-hetero) is 1. The summed E-state index contributed by atoms with van der Waals surface area (Å²) in [5.41, 5.74) is 0. The molecule has 2 heterocycles. The Labute approximate surface area is 99.9 Å². The Hall–Kier alpha value is -1.78.